The predicted molar refractivity (Wildman–Crippen MR) is 77.2 cm³/mol. The minimum Gasteiger partial charge on any atom is -0.497 e. The molecule has 2 rings (SSSR count). The van der Waals surface area contributed by atoms with Crippen LogP contribution in [-0.4, -0.2) is 13.2 Å². The van der Waals surface area contributed by atoms with Crippen molar-refractivity contribution in [1.29, 1.82) is 5.26 Å². The Labute approximate surface area is 115 Å². The number of benzene rings is 1. The van der Waals surface area contributed by atoms with E-state index in [-0.39, 0.29) is 6.04 Å². The molecule has 1 aromatic rings. The molecule has 0 bridgehead atoms. The van der Waals surface area contributed by atoms with Crippen molar-refractivity contribution < 1.29 is 4.74 Å². The Morgan fingerprint density at radius 1 is 1.26 bits per heavy atom. The monoisotopic (exact) mass is 258 g/mol. The summed E-state index contributed by atoms with van der Waals surface area (Å²) in [7, 11) is 1.66. The highest BCUT2D eigenvalue weighted by Gasteiger charge is 2.22. The number of methoxy groups -OCH3 is 1. The summed E-state index contributed by atoms with van der Waals surface area (Å²) in [6, 6.07) is 10.1. The van der Waals surface area contributed by atoms with Crippen LogP contribution in [0, 0.1) is 17.2 Å². The maximum atomic E-state index is 9.41. The van der Waals surface area contributed by atoms with E-state index >= 15 is 0 Å². The summed E-state index contributed by atoms with van der Waals surface area (Å²) in [4.78, 5) is 0. The molecule has 1 atom stereocenters. The van der Waals surface area contributed by atoms with Crippen LogP contribution in [0.25, 0.3) is 0 Å². The van der Waals surface area contributed by atoms with Crippen LogP contribution in [0.15, 0.2) is 24.3 Å². The summed E-state index contributed by atoms with van der Waals surface area (Å²) in [5, 5.41) is 12.8. The van der Waals surface area contributed by atoms with Crippen LogP contribution in [0.4, 0.5) is 5.69 Å². The van der Waals surface area contributed by atoms with Gasteiger partial charge in [-0.05, 0) is 30.9 Å². The third-order valence-corrected chi connectivity index (χ3v) is 3.90. The van der Waals surface area contributed by atoms with Crippen LogP contribution < -0.4 is 10.1 Å². The van der Waals surface area contributed by atoms with Gasteiger partial charge in [0.15, 0.2) is 0 Å². The van der Waals surface area contributed by atoms with Crippen molar-refractivity contribution in [3.05, 3.63) is 24.3 Å². The highest BCUT2D eigenvalue weighted by atomic mass is 16.5. The topological polar surface area (TPSA) is 45.0 Å². The lowest BCUT2D eigenvalue weighted by atomic mass is 9.92. The van der Waals surface area contributed by atoms with E-state index in [1.165, 1.54) is 25.7 Å². The molecule has 0 aromatic heterocycles. The fraction of sp³-hybridized carbons (Fsp3) is 0.562. The molecule has 0 radical (unpaired) electrons. The second-order valence-electron chi connectivity index (χ2n) is 5.23. The maximum Gasteiger partial charge on any atom is 0.120 e. The Morgan fingerprint density at radius 2 is 2.00 bits per heavy atom. The molecule has 0 heterocycles. The van der Waals surface area contributed by atoms with Gasteiger partial charge >= 0.3 is 0 Å². The van der Waals surface area contributed by atoms with Gasteiger partial charge in [-0.3, -0.25) is 0 Å². The van der Waals surface area contributed by atoms with Crippen LogP contribution in [0.2, 0.25) is 0 Å². The minimum atomic E-state index is -0.0924. The first kappa shape index (κ1) is 13.7. The summed E-state index contributed by atoms with van der Waals surface area (Å²) >= 11 is 0. The number of rotatable bonds is 4. The standard InChI is InChI=1S/C16H22N2O/c1-19-15-10-6-9-14(11-15)18-16(12-17)13-7-4-2-3-5-8-13/h6,9-11,13,16,18H,2-5,7-8H2,1H3. The smallest absolute Gasteiger partial charge is 0.120 e. The Balaban J connectivity index is 2.03. The van der Waals surface area contributed by atoms with Gasteiger partial charge in [0.05, 0.1) is 13.2 Å². The molecular weight excluding hydrogens is 236 g/mol. The fourth-order valence-electron chi connectivity index (χ4n) is 2.79. The zero-order valence-electron chi connectivity index (χ0n) is 11.6. The van der Waals surface area contributed by atoms with Crippen molar-refractivity contribution in [2.75, 3.05) is 12.4 Å². The first-order chi connectivity index (χ1) is 9.33. The normalized spacial score (nSPS) is 18.1. The van der Waals surface area contributed by atoms with E-state index < -0.39 is 0 Å². The molecule has 1 aromatic carbocycles. The Morgan fingerprint density at radius 3 is 2.63 bits per heavy atom. The first-order valence-corrected chi connectivity index (χ1v) is 7.13. The molecule has 1 fully saturated rings. The Bertz CT molecular complexity index is 431. The van der Waals surface area contributed by atoms with Crippen LogP contribution in [0.5, 0.6) is 5.75 Å². The number of nitrogens with zero attached hydrogens (tertiary/aromatic N) is 1. The molecule has 102 valence electrons. The van der Waals surface area contributed by atoms with Gasteiger partial charge < -0.3 is 10.1 Å². The Kier molecular flexibility index (Phi) is 5.09. The lowest BCUT2D eigenvalue weighted by Gasteiger charge is -2.22. The van der Waals surface area contributed by atoms with Crippen LogP contribution in [0.1, 0.15) is 38.5 Å². The molecule has 0 saturated heterocycles. The van der Waals surface area contributed by atoms with E-state index in [1.54, 1.807) is 7.11 Å². The molecule has 1 aliphatic rings. The van der Waals surface area contributed by atoms with E-state index in [2.05, 4.69) is 11.4 Å². The Hall–Kier alpha value is -1.69. The van der Waals surface area contributed by atoms with E-state index in [1.807, 2.05) is 24.3 Å². The molecule has 3 nitrogen and oxygen atoms in total. The quantitative estimate of drug-likeness (QED) is 0.831. The number of nitriles is 1. The number of ether oxygens (including phenoxy) is 1. The van der Waals surface area contributed by atoms with Gasteiger partial charge in [-0.1, -0.05) is 31.7 Å². The lowest BCUT2D eigenvalue weighted by Crippen LogP contribution is -2.27. The molecular formula is C16H22N2O. The first-order valence-electron chi connectivity index (χ1n) is 7.13. The van der Waals surface area contributed by atoms with Gasteiger partial charge in [-0.15, -0.1) is 0 Å². The third kappa shape index (κ3) is 3.89. The molecule has 19 heavy (non-hydrogen) atoms. The summed E-state index contributed by atoms with van der Waals surface area (Å²) in [6.07, 6.45) is 7.46. The van der Waals surface area contributed by atoms with Crippen molar-refractivity contribution in [3.63, 3.8) is 0 Å². The van der Waals surface area contributed by atoms with Crippen molar-refractivity contribution in [2.24, 2.45) is 5.92 Å². The summed E-state index contributed by atoms with van der Waals surface area (Å²) in [6.45, 7) is 0. The second-order valence-corrected chi connectivity index (χ2v) is 5.23. The number of hydrogen-bond acceptors (Lipinski definition) is 3. The number of anilines is 1. The van der Waals surface area contributed by atoms with Crippen molar-refractivity contribution >= 4 is 5.69 Å². The maximum absolute atomic E-state index is 9.41. The number of hydrogen-bond donors (Lipinski definition) is 1. The molecule has 1 N–H and O–H groups in total. The molecule has 0 amide bonds. The predicted octanol–water partition coefficient (Wildman–Crippen LogP) is 3.97. The molecule has 3 heteroatoms. The molecule has 0 aliphatic heterocycles. The van der Waals surface area contributed by atoms with Gasteiger partial charge in [0.1, 0.15) is 11.8 Å². The lowest BCUT2D eigenvalue weighted by molar-refractivity contribution is 0.414. The van der Waals surface area contributed by atoms with E-state index in [0.29, 0.717) is 5.92 Å². The highest BCUT2D eigenvalue weighted by Crippen LogP contribution is 2.28. The average Bonchev–Trinajstić information content (AvgIpc) is 2.74. The zero-order chi connectivity index (χ0) is 13.5. The van der Waals surface area contributed by atoms with Gasteiger partial charge in [0.25, 0.3) is 0 Å². The SMILES string of the molecule is COc1cccc(NC(C#N)C2CCCCCC2)c1. The number of nitrogens with one attached hydrogen (secondary N) is 1. The van der Waals surface area contributed by atoms with E-state index in [0.717, 1.165) is 24.3 Å². The molecule has 1 saturated carbocycles. The van der Waals surface area contributed by atoms with Gasteiger partial charge in [-0.2, -0.15) is 5.26 Å². The van der Waals surface area contributed by atoms with Gasteiger partial charge in [0, 0.05) is 11.8 Å². The average molecular weight is 258 g/mol. The third-order valence-electron chi connectivity index (χ3n) is 3.90. The largest absolute Gasteiger partial charge is 0.497 e. The van der Waals surface area contributed by atoms with Gasteiger partial charge in [0.2, 0.25) is 0 Å². The zero-order valence-corrected chi connectivity index (χ0v) is 11.6. The molecule has 1 aliphatic carbocycles. The van der Waals surface area contributed by atoms with Crippen LogP contribution >= 0.6 is 0 Å². The van der Waals surface area contributed by atoms with Crippen molar-refractivity contribution in [3.8, 4) is 11.8 Å². The molecule has 0 spiro atoms. The highest BCUT2D eigenvalue weighted by molar-refractivity contribution is 5.49. The summed E-state index contributed by atoms with van der Waals surface area (Å²) < 4.78 is 5.21. The van der Waals surface area contributed by atoms with Crippen molar-refractivity contribution in [1.82, 2.24) is 0 Å². The van der Waals surface area contributed by atoms with Gasteiger partial charge in [-0.25, -0.2) is 0 Å². The van der Waals surface area contributed by atoms with Crippen LogP contribution in [-0.2, 0) is 0 Å². The fourth-order valence-corrected chi connectivity index (χ4v) is 2.79. The summed E-state index contributed by atoms with van der Waals surface area (Å²) in [5.74, 6) is 1.29. The van der Waals surface area contributed by atoms with Crippen LogP contribution in [0.3, 0.4) is 0 Å². The second kappa shape index (κ2) is 7.04. The minimum absolute atomic E-state index is 0.0924. The summed E-state index contributed by atoms with van der Waals surface area (Å²) in [5.41, 5.74) is 0.968. The van der Waals surface area contributed by atoms with E-state index in [4.69, 9.17) is 4.74 Å². The molecule has 1 unspecified atom stereocenters. The van der Waals surface area contributed by atoms with Crippen molar-refractivity contribution in [2.45, 2.75) is 44.6 Å². The van der Waals surface area contributed by atoms with E-state index in [9.17, 15) is 5.26 Å².